The standard InChI is InChI=1S/C10H10ClFN4O2/c11-4-5-3-6(12)9(16-15-5)13-7-1-2-8(17)14-10(7)18/h3,7H,1-2,4H2,(H,13,16)(H,14,17,18). The number of rotatable bonds is 3. The molecule has 0 spiro atoms. The Labute approximate surface area is 107 Å². The lowest BCUT2D eigenvalue weighted by atomic mass is 10.1. The summed E-state index contributed by atoms with van der Waals surface area (Å²) in [7, 11) is 0. The molecule has 0 radical (unpaired) electrons. The molecule has 2 heterocycles. The van der Waals surface area contributed by atoms with Gasteiger partial charge in [-0.3, -0.25) is 14.9 Å². The molecule has 2 amide bonds. The molecule has 2 rings (SSSR count). The third kappa shape index (κ3) is 2.73. The minimum absolute atomic E-state index is 0.0582. The van der Waals surface area contributed by atoms with Gasteiger partial charge in [0.15, 0.2) is 11.6 Å². The highest BCUT2D eigenvalue weighted by Crippen LogP contribution is 2.15. The summed E-state index contributed by atoms with van der Waals surface area (Å²) in [4.78, 5) is 22.4. The van der Waals surface area contributed by atoms with E-state index in [-0.39, 0.29) is 24.0 Å². The van der Waals surface area contributed by atoms with Gasteiger partial charge < -0.3 is 5.32 Å². The number of hydrogen-bond acceptors (Lipinski definition) is 5. The van der Waals surface area contributed by atoms with E-state index in [9.17, 15) is 14.0 Å². The van der Waals surface area contributed by atoms with Crippen LogP contribution in [-0.4, -0.2) is 28.1 Å². The highest BCUT2D eigenvalue weighted by Gasteiger charge is 2.27. The van der Waals surface area contributed by atoms with E-state index in [1.165, 1.54) is 0 Å². The maximum Gasteiger partial charge on any atom is 0.249 e. The molecule has 1 fully saturated rings. The van der Waals surface area contributed by atoms with E-state index in [2.05, 4.69) is 20.8 Å². The van der Waals surface area contributed by atoms with Crippen molar-refractivity contribution in [2.75, 3.05) is 5.32 Å². The minimum atomic E-state index is -0.687. The van der Waals surface area contributed by atoms with Gasteiger partial charge in [0.25, 0.3) is 0 Å². The van der Waals surface area contributed by atoms with E-state index in [4.69, 9.17) is 11.6 Å². The highest BCUT2D eigenvalue weighted by molar-refractivity contribution is 6.16. The predicted octanol–water partition coefficient (Wildman–Crippen LogP) is 0.572. The van der Waals surface area contributed by atoms with Gasteiger partial charge in [-0.15, -0.1) is 16.7 Å². The van der Waals surface area contributed by atoms with Crippen molar-refractivity contribution >= 4 is 29.2 Å². The molecule has 1 unspecified atom stereocenters. The molecule has 1 aromatic rings. The lowest BCUT2D eigenvalue weighted by Gasteiger charge is -2.22. The van der Waals surface area contributed by atoms with Gasteiger partial charge >= 0.3 is 0 Å². The fourth-order valence-corrected chi connectivity index (χ4v) is 1.70. The number of carbonyl (C=O) groups is 2. The molecule has 8 heteroatoms. The molecule has 96 valence electrons. The molecule has 2 N–H and O–H groups in total. The number of alkyl halides is 1. The molecule has 1 atom stereocenters. The van der Waals surface area contributed by atoms with Crippen LogP contribution in [0.3, 0.4) is 0 Å². The molecule has 1 aliphatic heterocycles. The van der Waals surface area contributed by atoms with Crippen LogP contribution in [0.2, 0.25) is 0 Å². The summed E-state index contributed by atoms with van der Waals surface area (Å²) in [5, 5.41) is 12.1. The molecular formula is C10H10ClFN4O2. The molecule has 0 bridgehead atoms. The lowest BCUT2D eigenvalue weighted by molar-refractivity contribution is -0.133. The summed E-state index contributed by atoms with van der Waals surface area (Å²) in [6.07, 6.45) is 0.501. The first-order valence-electron chi connectivity index (χ1n) is 5.28. The van der Waals surface area contributed by atoms with Crippen molar-refractivity contribution in [1.82, 2.24) is 15.5 Å². The van der Waals surface area contributed by atoms with Crippen LogP contribution in [0.15, 0.2) is 6.07 Å². The summed E-state index contributed by atoms with van der Waals surface area (Å²) in [5.41, 5.74) is 0.308. The first-order valence-corrected chi connectivity index (χ1v) is 5.82. The number of amides is 2. The minimum Gasteiger partial charge on any atom is -0.354 e. The van der Waals surface area contributed by atoms with Crippen LogP contribution in [0.5, 0.6) is 0 Å². The summed E-state index contributed by atoms with van der Waals surface area (Å²) < 4.78 is 13.6. The van der Waals surface area contributed by atoms with Crippen LogP contribution in [0.25, 0.3) is 0 Å². The van der Waals surface area contributed by atoms with Crippen molar-refractivity contribution in [1.29, 1.82) is 0 Å². The number of nitrogens with zero attached hydrogens (tertiary/aromatic N) is 2. The number of nitrogens with one attached hydrogen (secondary N) is 2. The summed E-state index contributed by atoms with van der Waals surface area (Å²) in [5.74, 6) is -1.53. The van der Waals surface area contributed by atoms with Crippen molar-refractivity contribution in [3.05, 3.63) is 17.6 Å². The first kappa shape index (κ1) is 12.7. The number of piperidine rings is 1. The fourth-order valence-electron chi connectivity index (χ4n) is 1.56. The van der Waals surface area contributed by atoms with Gasteiger partial charge in [0.2, 0.25) is 11.8 Å². The molecule has 0 aliphatic carbocycles. The van der Waals surface area contributed by atoms with Crippen LogP contribution in [-0.2, 0) is 15.5 Å². The number of aromatic nitrogens is 2. The van der Waals surface area contributed by atoms with Crippen molar-refractivity contribution in [3.8, 4) is 0 Å². The number of hydrogen-bond donors (Lipinski definition) is 2. The number of halogens is 2. The highest BCUT2D eigenvalue weighted by atomic mass is 35.5. The summed E-state index contributed by atoms with van der Waals surface area (Å²) >= 11 is 5.49. The molecule has 0 saturated carbocycles. The van der Waals surface area contributed by atoms with Crippen molar-refractivity contribution < 1.29 is 14.0 Å². The Morgan fingerprint density at radius 2 is 2.28 bits per heavy atom. The van der Waals surface area contributed by atoms with E-state index in [1.54, 1.807) is 0 Å². The topological polar surface area (TPSA) is 84.0 Å². The predicted molar refractivity (Wildman–Crippen MR) is 61.3 cm³/mol. The van der Waals surface area contributed by atoms with Gasteiger partial charge in [0.05, 0.1) is 11.6 Å². The zero-order valence-corrected chi connectivity index (χ0v) is 10.00. The Bertz CT molecular complexity index is 497. The molecular weight excluding hydrogens is 263 g/mol. The quantitative estimate of drug-likeness (QED) is 0.621. The van der Waals surface area contributed by atoms with Crippen molar-refractivity contribution in [2.24, 2.45) is 0 Å². The van der Waals surface area contributed by atoms with Crippen LogP contribution in [0.1, 0.15) is 18.5 Å². The smallest absolute Gasteiger partial charge is 0.249 e. The number of anilines is 1. The molecule has 18 heavy (non-hydrogen) atoms. The van der Waals surface area contributed by atoms with E-state index < -0.39 is 17.8 Å². The average molecular weight is 273 g/mol. The largest absolute Gasteiger partial charge is 0.354 e. The Morgan fingerprint density at radius 1 is 1.50 bits per heavy atom. The molecule has 1 saturated heterocycles. The second-order valence-electron chi connectivity index (χ2n) is 3.81. The summed E-state index contributed by atoms with van der Waals surface area (Å²) in [6.45, 7) is 0. The second-order valence-corrected chi connectivity index (χ2v) is 4.08. The van der Waals surface area contributed by atoms with E-state index in [1.807, 2.05) is 0 Å². The molecule has 1 aliphatic rings. The molecule has 0 aromatic carbocycles. The van der Waals surface area contributed by atoms with Gasteiger partial charge in [-0.2, -0.15) is 5.10 Å². The number of imide groups is 1. The van der Waals surface area contributed by atoms with Crippen LogP contribution >= 0.6 is 11.6 Å². The maximum absolute atomic E-state index is 13.6. The normalized spacial score (nSPS) is 19.6. The lowest BCUT2D eigenvalue weighted by Crippen LogP contribution is -2.47. The fraction of sp³-hybridized carbons (Fsp3) is 0.400. The van der Waals surface area contributed by atoms with Crippen LogP contribution in [0, 0.1) is 5.82 Å². The zero-order valence-electron chi connectivity index (χ0n) is 9.24. The SMILES string of the molecule is O=C1CCC(Nc2nnc(CCl)cc2F)C(=O)N1. The van der Waals surface area contributed by atoms with Gasteiger partial charge in [0, 0.05) is 12.5 Å². The first-order chi connectivity index (χ1) is 8.60. The van der Waals surface area contributed by atoms with E-state index in [0.717, 1.165) is 6.07 Å². The van der Waals surface area contributed by atoms with Crippen molar-refractivity contribution in [3.63, 3.8) is 0 Å². The van der Waals surface area contributed by atoms with E-state index in [0.29, 0.717) is 12.1 Å². The van der Waals surface area contributed by atoms with Crippen LogP contribution < -0.4 is 10.6 Å². The van der Waals surface area contributed by atoms with E-state index >= 15 is 0 Å². The zero-order chi connectivity index (χ0) is 13.1. The third-order valence-corrected chi connectivity index (χ3v) is 2.76. The Kier molecular flexibility index (Phi) is 3.71. The Morgan fingerprint density at radius 3 is 2.89 bits per heavy atom. The van der Waals surface area contributed by atoms with Crippen molar-refractivity contribution in [2.45, 2.75) is 24.8 Å². The second kappa shape index (κ2) is 5.26. The van der Waals surface area contributed by atoms with Crippen LogP contribution in [0.4, 0.5) is 10.2 Å². The van der Waals surface area contributed by atoms with Gasteiger partial charge in [-0.25, -0.2) is 4.39 Å². The summed E-state index contributed by atoms with van der Waals surface area (Å²) in [6, 6.07) is 0.460. The van der Waals surface area contributed by atoms with Gasteiger partial charge in [0.1, 0.15) is 6.04 Å². The Hall–Kier alpha value is -1.76. The molecule has 6 nitrogen and oxygen atoms in total. The Balaban J connectivity index is 2.09. The van der Waals surface area contributed by atoms with Gasteiger partial charge in [-0.1, -0.05) is 0 Å². The molecule has 1 aromatic heterocycles. The third-order valence-electron chi connectivity index (χ3n) is 2.49. The maximum atomic E-state index is 13.6. The average Bonchev–Trinajstić information content (AvgIpc) is 2.34. The monoisotopic (exact) mass is 272 g/mol. The number of carbonyl (C=O) groups excluding carboxylic acids is 2. The van der Waals surface area contributed by atoms with Gasteiger partial charge in [-0.05, 0) is 6.42 Å².